The van der Waals surface area contributed by atoms with Crippen molar-refractivity contribution in [2.75, 3.05) is 20.2 Å². The van der Waals surface area contributed by atoms with Gasteiger partial charge in [0.15, 0.2) is 17.5 Å². The lowest BCUT2D eigenvalue weighted by molar-refractivity contribution is 0.379. The van der Waals surface area contributed by atoms with Gasteiger partial charge in [-0.05, 0) is 36.8 Å². The first-order valence-corrected chi connectivity index (χ1v) is 10.5. The van der Waals surface area contributed by atoms with Gasteiger partial charge in [0.25, 0.3) is 0 Å². The van der Waals surface area contributed by atoms with Crippen LogP contribution in [0.1, 0.15) is 25.2 Å². The molecule has 3 rings (SSSR count). The molecule has 0 bridgehead atoms. The van der Waals surface area contributed by atoms with Crippen molar-refractivity contribution in [1.29, 1.82) is 0 Å². The Hall–Kier alpha value is -2.82. The molecular formula is C23H31IN6O2. The average Bonchev–Trinajstić information content (AvgIpc) is 3.26. The molecule has 32 heavy (non-hydrogen) atoms. The zero-order valence-electron chi connectivity index (χ0n) is 18.7. The van der Waals surface area contributed by atoms with Crippen molar-refractivity contribution in [2.24, 2.45) is 4.99 Å². The molecule has 1 heterocycles. The molecule has 0 amide bonds. The number of aromatic nitrogens is 3. The van der Waals surface area contributed by atoms with Gasteiger partial charge < -0.3 is 24.7 Å². The summed E-state index contributed by atoms with van der Waals surface area (Å²) in [5, 5.41) is 14.7. The molecule has 0 saturated carbocycles. The first-order chi connectivity index (χ1) is 15.2. The number of benzene rings is 2. The van der Waals surface area contributed by atoms with Crippen molar-refractivity contribution in [3.63, 3.8) is 0 Å². The number of ether oxygens (including phenoxy) is 2. The second-order valence-electron chi connectivity index (χ2n) is 6.81. The number of nitrogens with one attached hydrogen (secondary N) is 2. The number of aliphatic imine (C=N–C) groups is 1. The summed E-state index contributed by atoms with van der Waals surface area (Å²) in [4.78, 5) is 4.68. The number of hydrogen-bond donors (Lipinski definition) is 2. The van der Waals surface area contributed by atoms with Crippen LogP contribution >= 0.6 is 24.0 Å². The predicted molar refractivity (Wildman–Crippen MR) is 137 cm³/mol. The van der Waals surface area contributed by atoms with E-state index in [1.807, 2.05) is 48.5 Å². The number of hydrogen-bond acceptors (Lipinski definition) is 5. The summed E-state index contributed by atoms with van der Waals surface area (Å²) in [5.41, 5.74) is 1.09. The van der Waals surface area contributed by atoms with Gasteiger partial charge in [0.1, 0.15) is 17.9 Å². The number of halogens is 1. The molecule has 0 fully saturated rings. The Kier molecular flexibility index (Phi) is 10.8. The Bertz CT molecular complexity index is 975. The van der Waals surface area contributed by atoms with Crippen LogP contribution in [-0.2, 0) is 19.5 Å². The third-order valence-corrected chi connectivity index (χ3v) is 4.64. The minimum atomic E-state index is 0. The molecule has 0 saturated heterocycles. The summed E-state index contributed by atoms with van der Waals surface area (Å²) >= 11 is 0. The highest BCUT2D eigenvalue weighted by atomic mass is 127. The van der Waals surface area contributed by atoms with Crippen LogP contribution in [0, 0.1) is 0 Å². The molecule has 0 aliphatic carbocycles. The van der Waals surface area contributed by atoms with Crippen molar-refractivity contribution in [2.45, 2.75) is 33.4 Å². The lowest BCUT2D eigenvalue weighted by Crippen LogP contribution is -2.38. The van der Waals surface area contributed by atoms with Gasteiger partial charge in [0.2, 0.25) is 0 Å². The van der Waals surface area contributed by atoms with Crippen LogP contribution in [0.3, 0.4) is 0 Å². The van der Waals surface area contributed by atoms with Crippen molar-refractivity contribution < 1.29 is 9.47 Å². The van der Waals surface area contributed by atoms with Gasteiger partial charge in [0, 0.05) is 26.1 Å². The molecule has 2 N–H and O–H groups in total. The molecule has 1 aromatic heterocycles. The lowest BCUT2D eigenvalue weighted by Gasteiger charge is -2.12. The number of rotatable bonds is 10. The highest BCUT2D eigenvalue weighted by Crippen LogP contribution is 2.30. The van der Waals surface area contributed by atoms with Crippen LogP contribution in [0.2, 0.25) is 0 Å². The van der Waals surface area contributed by atoms with Gasteiger partial charge in [0.05, 0.1) is 13.7 Å². The van der Waals surface area contributed by atoms with E-state index >= 15 is 0 Å². The average molecular weight is 550 g/mol. The highest BCUT2D eigenvalue weighted by molar-refractivity contribution is 14.0. The molecule has 0 spiro atoms. The molecule has 8 nitrogen and oxygen atoms in total. The molecule has 0 aliphatic heterocycles. The molecule has 3 aromatic rings. The first kappa shape index (κ1) is 25.4. The molecule has 0 radical (unpaired) electrons. The van der Waals surface area contributed by atoms with Crippen molar-refractivity contribution in [1.82, 2.24) is 25.4 Å². The van der Waals surface area contributed by atoms with Gasteiger partial charge in [-0.2, -0.15) is 0 Å². The quantitative estimate of drug-likeness (QED) is 0.226. The molecule has 172 valence electrons. The van der Waals surface area contributed by atoms with Gasteiger partial charge in [-0.1, -0.05) is 31.2 Å². The number of aryl methyl sites for hydroxylation is 1. The summed E-state index contributed by atoms with van der Waals surface area (Å²) in [5.74, 6) is 3.91. The number of para-hydroxylation sites is 2. The summed E-state index contributed by atoms with van der Waals surface area (Å²) in [6.45, 7) is 7.02. The van der Waals surface area contributed by atoms with Crippen LogP contribution in [0.4, 0.5) is 0 Å². The van der Waals surface area contributed by atoms with Crippen molar-refractivity contribution >= 4 is 29.9 Å². The smallest absolute Gasteiger partial charge is 0.191 e. The summed E-state index contributed by atoms with van der Waals surface area (Å²) in [7, 11) is 1.63. The van der Waals surface area contributed by atoms with Gasteiger partial charge in [-0.25, -0.2) is 4.99 Å². The predicted octanol–water partition coefficient (Wildman–Crippen LogP) is 4.01. The van der Waals surface area contributed by atoms with Crippen LogP contribution in [0.5, 0.6) is 17.2 Å². The Balaban J connectivity index is 0.00000363. The van der Waals surface area contributed by atoms with Crippen LogP contribution in [0.15, 0.2) is 59.9 Å². The van der Waals surface area contributed by atoms with Crippen LogP contribution < -0.4 is 20.1 Å². The topological polar surface area (TPSA) is 85.6 Å². The first-order valence-electron chi connectivity index (χ1n) is 10.5. The summed E-state index contributed by atoms with van der Waals surface area (Å²) in [6, 6.07) is 15.5. The fourth-order valence-corrected chi connectivity index (χ4v) is 3.04. The molecule has 0 unspecified atom stereocenters. The van der Waals surface area contributed by atoms with Crippen LogP contribution in [-0.4, -0.2) is 40.9 Å². The largest absolute Gasteiger partial charge is 0.493 e. The maximum absolute atomic E-state index is 5.93. The second kappa shape index (κ2) is 13.6. The van der Waals surface area contributed by atoms with Crippen molar-refractivity contribution in [3.8, 4) is 17.2 Å². The molecule has 0 aliphatic rings. The monoisotopic (exact) mass is 550 g/mol. The summed E-state index contributed by atoms with van der Waals surface area (Å²) in [6.07, 6.45) is 2.63. The summed E-state index contributed by atoms with van der Waals surface area (Å²) < 4.78 is 13.3. The Labute approximate surface area is 206 Å². The van der Waals surface area contributed by atoms with E-state index < -0.39 is 0 Å². The van der Waals surface area contributed by atoms with Gasteiger partial charge >= 0.3 is 0 Å². The zero-order valence-corrected chi connectivity index (χ0v) is 21.1. The normalized spacial score (nSPS) is 10.9. The molecule has 0 atom stereocenters. The molecule has 9 heteroatoms. The van der Waals surface area contributed by atoms with E-state index in [4.69, 9.17) is 9.47 Å². The Morgan fingerprint density at radius 3 is 2.47 bits per heavy atom. The number of nitrogens with zero attached hydrogens (tertiary/aromatic N) is 4. The SMILES string of the molecule is CCNC(=NCc1ccc(Oc2ccccc2OC)cc1)NCCn1cnnc1CC.I. The Morgan fingerprint density at radius 1 is 1.03 bits per heavy atom. The fourth-order valence-electron chi connectivity index (χ4n) is 3.04. The Morgan fingerprint density at radius 2 is 1.78 bits per heavy atom. The number of guanidine groups is 1. The van der Waals surface area contributed by atoms with E-state index in [1.165, 1.54) is 0 Å². The maximum atomic E-state index is 5.93. The third-order valence-electron chi connectivity index (χ3n) is 4.64. The van der Waals surface area contributed by atoms with E-state index in [-0.39, 0.29) is 24.0 Å². The second-order valence-corrected chi connectivity index (χ2v) is 6.81. The van der Waals surface area contributed by atoms with E-state index in [2.05, 4.69) is 44.2 Å². The highest BCUT2D eigenvalue weighted by Gasteiger charge is 2.05. The minimum Gasteiger partial charge on any atom is -0.493 e. The minimum absolute atomic E-state index is 0. The zero-order chi connectivity index (χ0) is 21.9. The maximum Gasteiger partial charge on any atom is 0.191 e. The van der Waals surface area contributed by atoms with E-state index in [9.17, 15) is 0 Å². The molecule has 2 aromatic carbocycles. The fraction of sp³-hybridized carbons (Fsp3) is 0.348. The standard InChI is InChI=1S/C23H30N6O2.HI/c1-4-22-28-27-17-29(22)15-14-25-23(24-5-2)26-16-18-10-12-19(13-11-18)31-21-9-7-6-8-20(21)30-3;/h6-13,17H,4-5,14-16H2,1-3H3,(H2,24,25,26);1H. The third kappa shape index (κ3) is 7.40. The number of methoxy groups -OCH3 is 1. The van der Waals surface area contributed by atoms with E-state index in [0.29, 0.717) is 18.0 Å². The van der Waals surface area contributed by atoms with E-state index in [1.54, 1.807) is 13.4 Å². The van der Waals surface area contributed by atoms with Crippen LogP contribution in [0.25, 0.3) is 0 Å². The lowest BCUT2D eigenvalue weighted by atomic mass is 10.2. The van der Waals surface area contributed by atoms with Gasteiger partial charge in [-0.3, -0.25) is 0 Å². The van der Waals surface area contributed by atoms with E-state index in [0.717, 1.165) is 49.2 Å². The van der Waals surface area contributed by atoms with Gasteiger partial charge in [-0.15, -0.1) is 34.2 Å². The molecular weight excluding hydrogens is 519 g/mol. The van der Waals surface area contributed by atoms with Crippen molar-refractivity contribution in [3.05, 3.63) is 66.2 Å².